The molecule has 1 aliphatic rings. The maximum absolute atomic E-state index is 4.83. The summed E-state index contributed by atoms with van der Waals surface area (Å²) in [5.74, 6) is 1.81. The van der Waals surface area contributed by atoms with E-state index >= 15 is 0 Å². The molecule has 1 aliphatic heterocycles. The van der Waals surface area contributed by atoms with E-state index in [-0.39, 0.29) is 0 Å². The molecule has 4 rings (SSSR count). The number of nitrogens with one attached hydrogen (secondary N) is 2. The Morgan fingerprint density at radius 3 is 2.71 bits per heavy atom. The van der Waals surface area contributed by atoms with E-state index in [0.29, 0.717) is 12.6 Å². The number of aromatic nitrogens is 2. The quantitative estimate of drug-likeness (QED) is 0.395. The third-order valence-electron chi connectivity index (χ3n) is 5.64. The highest BCUT2D eigenvalue weighted by atomic mass is 32.1. The third-order valence-corrected chi connectivity index (χ3v) is 6.61. The fourth-order valence-electron chi connectivity index (χ4n) is 4.04. The van der Waals surface area contributed by atoms with E-state index < -0.39 is 0 Å². The Bertz CT molecular complexity index is 928. The first-order chi connectivity index (χ1) is 15.3. The molecule has 3 aromatic rings. The summed E-state index contributed by atoms with van der Waals surface area (Å²) in [6, 6.07) is 15.3. The van der Waals surface area contributed by atoms with Gasteiger partial charge >= 0.3 is 0 Å². The van der Waals surface area contributed by atoms with Crippen LogP contribution in [0.1, 0.15) is 42.1 Å². The van der Waals surface area contributed by atoms with Crippen LogP contribution in [0.25, 0.3) is 0 Å². The second-order valence-corrected chi connectivity index (χ2v) is 8.79. The van der Waals surface area contributed by atoms with Crippen LogP contribution in [-0.2, 0) is 13.1 Å². The molecule has 7 heteroatoms. The van der Waals surface area contributed by atoms with Gasteiger partial charge in [0.15, 0.2) is 5.96 Å². The molecular weight excluding hydrogens is 404 g/mol. The van der Waals surface area contributed by atoms with Crippen molar-refractivity contribution in [1.82, 2.24) is 25.1 Å². The second-order valence-electron chi connectivity index (χ2n) is 7.81. The van der Waals surface area contributed by atoms with Gasteiger partial charge in [0.05, 0.1) is 6.04 Å². The summed E-state index contributed by atoms with van der Waals surface area (Å²) in [5, 5.41) is 9.15. The number of aliphatic imine (C=N–C) groups is 1. The number of likely N-dealkylation sites (tertiary alicyclic amines) is 1. The zero-order valence-corrected chi connectivity index (χ0v) is 19.0. The number of hydrogen-bond acceptors (Lipinski definition) is 4. The average Bonchev–Trinajstić information content (AvgIpc) is 3.57. The first-order valence-corrected chi connectivity index (χ1v) is 12.0. The molecule has 0 bridgehead atoms. The van der Waals surface area contributed by atoms with Crippen molar-refractivity contribution in [2.75, 3.05) is 26.2 Å². The lowest BCUT2D eigenvalue weighted by molar-refractivity contribution is 0.249. The van der Waals surface area contributed by atoms with Crippen molar-refractivity contribution >= 4 is 17.3 Å². The van der Waals surface area contributed by atoms with Crippen molar-refractivity contribution in [3.63, 3.8) is 0 Å². The van der Waals surface area contributed by atoms with E-state index in [1.54, 1.807) is 0 Å². The van der Waals surface area contributed by atoms with Crippen LogP contribution in [0.4, 0.5) is 0 Å². The van der Waals surface area contributed by atoms with Gasteiger partial charge in [-0.1, -0.05) is 36.4 Å². The molecule has 1 fully saturated rings. The van der Waals surface area contributed by atoms with Crippen molar-refractivity contribution in [3.8, 4) is 0 Å². The van der Waals surface area contributed by atoms with Crippen LogP contribution in [0.5, 0.6) is 0 Å². The molecule has 6 nitrogen and oxygen atoms in total. The third kappa shape index (κ3) is 5.95. The number of hydrogen-bond donors (Lipinski definition) is 2. The zero-order valence-electron chi connectivity index (χ0n) is 18.2. The van der Waals surface area contributed by atoms with E-state index in [4.69, 9.17) is 4.99 Å². The van der Waals surface area contributed by atoms with Crippen LogP contribution in [0, 0.1) is 0 Å². The summed E-state index contributed by atoms with van der Waals surface area (Å²) < 4.78 is 2.17. The number of benzene rings is 1. The van der Waals surface area contributed by atoms with E-state index in [2.05, 4.69) is 73.8 Å². The fourth-order valence-corrected chi connectivity index (χ4v) is 4.91. The van der Waals surface area contributed by atoms with Gasteiger partial charge in [0.2, 0.25) is 0 Å². The van der Waals surface area contributed by atoms with Gasteiger partial charge in [-0.15, -0.1) is 11.3 Å². The molecule has 0 amide bonds. The second kappa shape index (κ2) is 11.1. The topological polar surface area (TPSA) is 57.5 Å². The molecule has 1 aromatic carbocycles. The smallest absolute Gasteiger partial charge is 0.191 e. The van der Waals surface area contributed by atoms with Crippen molar-refractivity contribution in [2.24, 2.45) is 4.99 Å². The monoisotopic (exact) mass is 436 g/mol. The normalized spacial score (nSPS) is 15.8. The SMILES string of the molecule is CCNC(=NCc1nccn1Cc1ccccc1)NCC(c1cccs1)N1CCCC1. The van der Waals surface area contributed by atoms with Crippen LogP contribution in [0.2, 0.25) is 0 Å². The minimum Gasteiger partial charge on any atom is -0.357 e. The highest BCUT2D eigenvalue weighted by molar-refractivity contribution is 7.10. The van der Waals surface area contributed by atoms with Gasteiger partial charge < -0.3 is 15.2 Å². The first-order valence-electron chi connectivity index (χ1n) is 11.2. The summed E-state index contributed by atoms with van der Waals surface area (Å²) in [6.07, 6.45) is 6.47. The average molecular weight is 437 g/mol. The summed E-state index contributed by atoms with van der Waals surface area (Å²) in [5.41, 5.74) is 1.26. The van der Waals surface area contributed by atoms with Crippen molar-refractivity contribution in [3.05, 3.63) is 76.5 Å². The van der Waals surface area contributed by atoms with E-state index in [9.17, 15) is 0 Å². The summed E-state index contributed by atoms with van der Waals surface area (Å²) in [6.45, 7) is 7.49. The molecule has 1 unspecified atom stereocenters. The molecule has 0 spiro atoms. The molecule has 31 heavy (non-hydrogen) atoms. The Morgan fingerprint density at radius 1 is 1.13 bits per heavy atom. The number of nitrogens with zero attached hydrogens (tertiary/aromatic N) is 4. The van der Waals surface area contributed by atoms with Gasteiger partial charge in [0.1, 0.15) is 12.4 Å². The molecule has 0 radical (unpaired) electrons. The van der Waals surface area contributed by atoms with Gasteiger partial charge in [-0.3, -0.25) is 4.90 Å². The summed E-state index contributed by atoms with van der Waals surface area (Å²) in [4.78, 5) is 13.4. The molecule has 0 saturated carbocycles. The van der Waals surface area contributed by atoms with Crippen LogP contribution in [0.15, 0.2) is 65.2 Å². The minimum absolute atomic E-state index is 0.395. The molecule has 1 saturated heterocycles. The standard InChI is InChI=1S/C24H32N6S/c1-2-25-24(27-17-21(22-11-8-16-31-22)29-13-6-7-14-29)28-18-23-26-12-15-30(23)19-20-9-4-3-5-10-20/h3-5,8-12,15-16,21H,2,6-7,13-14,17-19H2,1H3,(H2,25,27,28). The number of thiophene rings is 1. The Hall–Kier alpha value is -2.64. The van der Waals surface area contributed by atoms with Crippen molar-refractivity contribution in [1.29, 1.82) is 0 Å². The van der Waals surface area contributed by atoms with Gasteiger partial charge in [-0.25, -0.2) is 9.98 Å². The highest BCUT2D eigenvalue weighted by Crippen LogP contribution is 2.27. The molecule has 1 atom stereocenters. The van der Waals surface area contributed by atoms with Crippen LogP contribution in [-0.4, -0.2) is 46.6 Å². The highest BCUT2D eigenvalue weighted by Gasteiger charge is 2.24. The first kappa shape index (κ1) is 21.6. The van der Waals surface area contributed by atoms with Gasteiger partial charge in [0, 0.05) is 36.9 Å². The maximum atomic E-state index is 4.83. The predicted octanol–water partition coefficient (Wildman–Crippen LogP) is 3.89. The molecule has 2 N–H and O–H groups in total. The van der Waals surface area contributed by atoms with Gasteiger partial charge in [-0.2, -0.15) is 0 Å². The maximum Gasteiger partial charge on any atom is 0.191 e. The molecule has 0 aliphatic carbocycles. The Balaban J connectivity index is 1.41. The zero-order chi connectivity index (χ0) is 21.3. The number of rotatable bonds is 9. The van der Waals surface area contributed by atoms with Gasteiger partial charge in [0.25, 0.3) is 0 Å². The summed E-state index contributed by atoms with van der Waals surface area (Å²) >= 11 is 1.84. The van der Waals surface area contributed by atoms with Crippen LogP contribution in [0.3, 0.4) is 0 Å². The van der Waals surface area contributed by atoms with E-state index in [1.165, 1.54) is 36.4 Å². The number of imidazole rings is 1. The van der Waals surface area contributed by atoms with Gasteiger partial charge in [-0.05, 0) is 49.9 Å². The van der Waals surface area contributed by atoms with Crippen LogP contribution < -0.4 is 10.6 Å². The lowest BCUT2D eigenvalue weighted by Crippen LogP contribution is -2.42. The Morgan fingerprint density at radius 2 is 1.97 bits per heavy atom. The largest absolute Gasteiger partial charge is 0.357 e. The lowest BCUT2D eigenvalue weighted by atomic mass is 10.2. The van der Waals surface area contributed by atoms with E-state index in [0.717, 1.165) is 31.4 Å². The number of guanidine groups is 1. The molecule has 3 heterocycles. The lowest BCUT2D eigenvalue weighted by Gasteiger charge is -2.27. The fraction of sp³-hybridized carbons (Fsp3) is 0.417. The Kier molecular flexibility index (Phi) is 7.74. The molecule has 164 valence electrons. The van der Waals surface area contributed by atoms with Crippen LogP contribution >= 0.6 is 11.3 Å². The van der Waals surface area contributed by atoms with Crippen molar-refractivity contribution in [2.45, 2.75) is 38.9 Å². The van der Waals surface area contributed by atoms with E-state index in [1.807, 2.05) is 29.8 Å². The van der Waals surface area contributed by atoms with Crippen molar-refractivity contribution < 1.29 is 0 Å². The summed E-state index contributed by atoms with van der Waals surface area (Å²) in [7, 11) is 0. The predicted molar refractivity (Wildman–Crippen MR) is 128 cm³/mol. The molecule has 2 aromatic heterocycles. The molecular formula is C24H32N6S. The minimum atomic E-state index is 0.395. The Labute approximate surface area is 189 Å².